The topological polar surface area (TPSA) is 30.8 Å². The van der Waals surface area contributed by atoms with Gasteiger partial charge in [-0.1, -0.05) is 12.2 Å². The number of hydrogen-bond donors (Lipinski definition) is 0. The molecule has 0 saturated carbocycles. The lowest BCUT2D eigenvalue weighted by Gasteiger charge is -1.99. The minimum absolute atomic E-state index is 0.438. The Morgan fingerprint density at radius 3 is 2.70 bits per heavy atom. The lowest BCUT2D eigenvalue weighted by atomic mass is 10.5. The highest BCUT2D eigenvalue weighted by Crippen LogP contribution is 1.83. The lowest BCUT2D eigenvalue weighted by molar-refractivity contribution is 0.164. The van der Waals surface area contributed by atoms with Gasteiger partial charge in [-0.05, 0) is 0 Å². The summed E-state index contributed by atoms with van der Waals surface area (Å²) in [5.41, 5.74) is 0. The van der Waals surface area contributed by atoms with Gasteiger partial charge in [-0.2, -0.15) is 0 Å². The van der Waals surface area contributed by atoms with E-state index in [9.17, 15) is 0 Å². The Labute approximate surface area is 60.4 Å². The molecule has 3 heteroatoms. The molecule has 0 atom stereocenters. The Morgan fingerprint density at radius 2 is 1.80 bits per heavy atom. The predicted octanol–water partition coefficient (Wildman–Crippen LogP) is 0.618. The van der Waals surface area contributed by atoms with Crippen LogP contribution in [-0.4, -0.2) is 32.8 Å². The molecule has 1 rings (SSSR count). The fourth-order valence-electron chi connectivity index (χ4n) is 0.604. The van der Waals surface area contributed by atoms with E-state index in [0.717, 1.165) is 0 Å². The summed E-state index contributed by atoms with van der Waals surface area (Å²) < 4.78 is 10.2. The molecular weight excluding hydrogens is 130 g/mol. The van der Waals surface area contributed by atoms with Crippen molar-refractivity contribution < 1.29 is 9.47 Å². The first-order valence-corrected chi connectivity index (χ1v) is 3.29. The summed E-state index contributed by atoms with van der Waals surface area (Å²) in [6, 6.07) is 0. The van der Waals surface area contributed by atoms with Crippen LogP contribution >= 0.6 is 0 Å². The SMILES string of the molecule is C1=CCOCN=CCOC1. The van der Waals surface area contributed by atoms with Gasteiger partial charge in [-0.15, -0.1) is 0 Å². The molecule has 0 spiro atoms. The Hall–Kier alpha value is -0.670. The molecule has 0 aliphatic carbocycles. The minimum atomic E-state index is 0.438. The number of aliphatic imine (C=N–C) groups is 1. The second-order valence-corrected chi connectivity index (χ2v) is 1.87. The largest absolute Gasteiger partial charge is 0.372 e. The van der Waals surface area contributed by atoms with E-state index in [1.165, 1.54) is 0 Å². The molecule has 0 saturated heterocycles. The van der Waals surface area contributed by atoms with Crippen molar-refractivity contribution >= 4 is 6.21 Å². The maximum absolute atomic E-state index is 5.12. The first-order chi connectivity index (χ1) is 5.00. The average Bonchev–Trinajstić information content (AvgIpc) is 2.01. The highest BCUT2D eigenvalue weighted by molar-refractivity contribution is 5.58. The summed E-state index contributed by atoms with van der Waals surface area (Å²) in [6.07, 6.45) is 5.60. The molecular formula is C7H11NO2. The van der Waals surface area contributed by atoms with E-state index in [1.54, 1.807) is 6.21 Å². The maximum atomic E-state index is 5.12. The van der Waals surface area contributed by atoms with Crippen LogP contribution < -0.4 is 0 Å². The molecule has 1 heterocycles. The molecule has 1 aliphatic rings. The number of hydrogen-bond acceptors (Lipinski definition) is 3. The maximum Gasteiger partial charge on any atom is 0.137 e. The quantitative estimate of drug-likeness (QED) is 0.463. The van der Waals surface area contributed by atoms with Crippen LogP contribution in [0.4, 0.5) is 0 Å². The van der Waals surface area contributed by atoms with Crippen LogP contribution in [0.2, 0.25) is 0 Å². The molecule has 0 N–H and O–H groups in total. The summed E-state index contributed by atoms with van der Waals surface area (Å²) in [4.78, 5) is 3.93. The summed E-state index contributed by atoms with van der Waals surface area (Å²) in [7, 11) is 0. The lowest BCUT2D eigenvalue weighted by Crippen LogP contribution is -2.00. The highest BCUT2D eigenvalue weighted by atomic mass is 16.5. The first-order valence-electron chi connectivity index (χ1n) is 3.29. The molecule has 0 fully saturated rings. The molecule has 1 aliphatic heterocycles. The van der Waals surface area contributed by atoms with Gasteiger partial charge in [0.15, 0.2) is 0 Å². The van der Waals surface area contributed by atoms with E-state index in [2.05, 4.69) is 4.99 Å². The van der Waals surface area contributed by atoms with Crippen LogP contribution in [0.5, 0.6) is 0 Å². The zero-order valence-corrected chi connectivity index (χ0v) is 5.82. The zero-order valence-electron chi connectivity index (χ0n) is 5.82. The van der Waals surface area contributed by atoms with Crippen LogP contribution in [0.1, 0.15) is 0 Å². The van der Waals surface area contributed by atoms with Gasteiger partial charge in [0.05, 0.1) is 19.8 Å². The van der Waals surface area contributed by atoms with E-state index < -0.39 is 0 Å². The molecule has 0 aromatic rings. The first kappa shape index (κ1) is 7.44. The van der Waals surface area contributed by atoms with Crippen LogP contribution in [0, 0.1) is 0 Å². The van der Waals surface area contributed by atoms with Crippen LogP contribution in [-0.2, 0) is 9.47 Å². The third-order valence-corrected chi connectivity index (χ3v) is 1.08. The van der Waals surface area contributed by atoms with Crippen LogP contribution in [0.3, 0.4) is 0 Å². The monoisotopic (exact) mass is 141 g/mol. The van der Waals surface area contributed by atoms with Crippen molar-refractivity contribution in [3.8, 4) is 0 Å². The molecule has 0 aromatic heterocycles. The normalized spacial score (nSPS) is 20.8. The average molecular weight is 141 g/mol. The van der Waals surface area contributed by atoms with Crippen molar-refractivity contribution in [2.24, 2.45) is 4.99 Å². The van der Waals surface area contributed by atoms with Crippen LogP contribution in [0.15, 0.2) is 17.1 Å². The number of ether oxygens (including phenoxy) is 2. The smallest absolute Gasteiger partial charge is 0.137 e. The van der Waals surface area contributed by atoms with Crippen molar-refractivity contribution in [3.63, 3.8) is 0 Å². The fourth-order valence-corrected chi connectivity index (χ4v) is 0.604. The molecule has 0 amide bonds. The fraction of sp³-hybridized carbons (Fsp3) is 0.571. The van der Waals surface area contributed by atoms with Crippen molar-refractivity contribution in [1.29, 1.82) is 0 Å². The Bertz CT molecular complexity index is 104. The van der Waals surface area contributed by atoms with Crippen molar-refractivity contribution in [2.75, 3.05) is 26.6 Å². The van der Waals surface area contributed by atoms with Gasteiger partial charge in [-0.25, -0.2) is 0 Å². The van der Waals surface area contributed by atoms with Crippen molar-refractivity contribution in [1.82, 2.24) is 0 Å². The zero-order chi connectivity index (χ0) is 7.07. The Kier molecular flexibility index (Phi) is 3.82. The van der Waals surface area contributed by atoms with E-state index >= 15 is 0 Å². The molecule has 56 valence electrons. The van der Waals surface area contributed by atoms with Gasteiger partial charge < -0.3 is 9.47 Å². The summed E-state index contributed by atoms with van der Waals surface area (Å²) in [5.74, 6) is 0. The molecule has 3 nitrogen and oxygen atoms in total. The second kappa shape index (κ2) is 5.14. The van der Waals surface area contributed by atoms with E-state index in [4.69, 9.17) is 9.47 Å². The number of rotatable bonds is 0. The van der Waals surface area contributed by atoms with E-state index in [-0.39, 0.29) is 0 Å². The minimum Gasteiger partial charge on any atom is -0.372 e. The van der Waals surface area contributed by atoms with Gasteiger partial charge in [0.1, 0.15) is 6.73 Å². The molecule has 10 heavy (non-hydrogen) atoms. The van der Waals surface area contributed by atoms with Gasteiger partial charge >= 0.3 is 0 Å². The second-order valence-electron chi connectivity index (χ2n) is 1.87. The van der Waals surface area contributed by atoms with Crippen LogP contribution in [0.25, 0.3) is 0 Å². The van der Waals surface area contributed by atoms with Gasteiger partial charge in [0, 0.05) is 6.21 Å². The highest BCUT2D eigenvalue weighted by Gasteiger charge is 1.84. The Morgan fingerprint density at radius 1 is 1.00 bits per heavy atom. The van der Waals surface area contributed by atoms with Gasteiger partial charge in [0.25, 0.3) is 0 Å². The number of nitrogens with zero attached hydrogens (tertiary/aromatic N) is 1. The summed E-state index contributed by atoms with van der Waals surface area (Å²) in [6.45, 7) is 2.29. The molecule has 0 unspecified atom stereocenters. The molecule has 0 aromatic carbocycles. The van der Waals surface area contributed by atoms with E-state index in [0.29, 0.717) is 26.6 Å². The predicted molar refractivity (Wildman–Crippen MR) is 39.3 cm³/mol. The van der Waals surface area contributed by atoms with E-state index in [1.807, 2.05) is 12.2 Å². The standard InChI is InChI=1S/C7H11NO2/c1-2-5-10-7-8-3-6-9-4-1/h1-3H,4-7H2. The van der Waals surface area contributed by atoms with Gasteiger partial charge in [0.2, 0.25) is 0 Å². The molecule has 0 bridgehead atoms. The van der Waals surface area contributed by atoms with Gasteiger partial charge in [-0.3, -0.25) is 4.99 Å². The summed E-state index contributed by atoms with van der Waals surface area (Å²) >= 11 is 0. The third kappa shape index (κ3) is 3.37. The van der Waals surface area contributed by atoms with Crippen molar-refractivity contribution in [3.05, 3.63) is 12.2 Å². The summed E-state index contributed by atoms with van der Waals surface area (Å²) in [5, 5.41) is 0. The third-order valence-electron chi connectivity index (χ3n) is 1.08. The van der Waals surface area contributed by atoms with Crippen molar-refractivity contribution in [2.45, 2.75) is 0 Å². The Balaban J connectivity index is 2.22. The molecule has 0 radical (unpaired) electrons.